The second-order valence-corrected chi connectivity index (χ2v) is 24.1. The summed E-state index contributed by atoms with van der Waals surface area (Å²) in [6.07, 6.45) is 84.8. The third-order valence-electron chi connectivity index (χ3n) is 16.1. The molecule has 0 aliphatic rings. The minimum Gasteiger partial charge on any atom is -0.462 e. The van der Waals surface area contributed by atoms with Crippen LogP contribution in [0.15, 0.2) is 36.5 Å². The molecule has 0 fully saturated rings. The zero-order valence-corrected chi connectivity index (χ0v) is 53.4. The van der Waals surface area contributed by atoms with Crippen LogP contribution >= 0.6 is 0 Å². The summed E-state index contributed by atoms with van der Waals surface area (Å²) in [4.78, 5) is 38.3. The van der Waals surface area contributed by atoms with Gasteiger partial charge in [-0.1, -0.05) is 314 Å². The van der Waals surface area contributed by atoms with E-state index in [1.807, 2.05) is 0 Å². The molecule has 0 aliphatic carbocycles. The molecule has 0 heterocycles. The molecular weight excluding hydrogens is 973 g/mol. The predicted molar refractivity (Wildman–Crippen MR) is 344 cm³/mol. The Morgan fingerprint density at radius 1 is 0.241 bits per heavy atom. The van der Waals surface area contributed by atoms with Crippen molar-refractivity contribution >= 4 is 17.9 Å². The highest BCUT2D eigenvalue weighted by Gasteiger charge is 2.19. The van der Waals surface area contributed by atoms with Crippen LogP contribution < -0.4 is 0 Å². The fourth-order valence-corrected chi connectivity index (χ4v) is 10.7. The van der Waals surface area contributed by atoms with Crippen LogP contribution in [0.1, 0.15) is 393 Å². The molecule has 0 radical (unpaired) electrons. The smallest absolute Gasteiger partial charge is 0.306 e. The van der Waals surface area contributed by atoms with E-state index in [0.717, 1.165) is 70.6 Å². The van der Waals surface area contributed by atoms with E-state index < -0.39 is 6.10 Å². The van der Waals surface area contributed by atoms with Crippen LogP contribution in [0.25, 0.3) is 0 Å². The number of allylic oxidation sites excluding steroid dienone is 6. The molecule has 0 aromatic rings. The summed E-state index contributed by atoms with van der Waals surface area (Å²) >= 11 is 0. The van der Waals surface area contributed by atoms with Crippen LogP contribution in [-0.2, 0) is 28.6 Å². The van der Waals surface area contributed by atoms with Gasteiger partial charge in [0.05, 0.1) is 0 Å². The summed E-state index contributed by atoms with van der Waals surface area (Å²) in [5, 5.41) is 0. The van der Waals surface area contributed by atoms with Crippen molar-refractivity contribution in [3.05, 3.63) is 36.5 Å². The molecule has 6 nitrogen and oxygen atoms in total. The summed E-state index contributed by atoms with van der Waals surface area (Å²) < 4.78 is 16.9. The van der Waals surface area contributed by atoms with E-state index in [1.54, 1.807) is 0 Å². The number of ether oxygens (including phenoxy) is 3. The summed E-state index contributed by atoms with van der Waals surface area (Å²) in [6.45, 7) is 6.66. The number of unbranched alkanes of at least 4 members (excludes halogenated alkanes) is 49. The molecule has 6 heteroatoms. The summed E-state index contributed by atoms with van der Waals surface area (Å²) in [6, 6.07) is 0. The minimum atomic E-state index is -0.778. The third-order valence-corrected chi connectivity index (χ3v) is 16.1. The first-order valence-electron chi connectivity index (χ1n) is 35.5. The Hall–Kier alpha value is -2.37. The highest BCUT2D eigenvalue weighted by Crippen LogP contribution is 2.18. The van der Waals surface area contributed by atoms with Gasteiger partial charge in [-0.2, -0.15) is 0 Å². The van der Waals surface area contributed by atoms with E-state index in [-0.39, 0.29) is 31.1 Å². The van der Waals surface area contributed by atoms with Gasteiger partial charge in [0.25, 0.3) is 0 Å². The lowest BCUT2D eigenvalue weighted by Gasteiger charge is -2.18. The lowest BCUT2D eigenvalue weighted by atomic mass is 10.0. The van der Waals surface area contributed by atoms with E-state index in [9.17, 15) is 14.4 Å². The highest BCUT2D eigenvalue weighted by molar-refractivity contribution is 5.71. The molecule has 464 valence electrons. The SMILES string of the molecule is CCCCCC/C=C\CCCCCCCC(=O)OCC(COC(=O)CCCCCCCCCCCCCCCCCCCCCCC/C=C\CCCCCCCCCC)OC(=O)CCCCCCC/C=C\CCCCCCCC. The Balaban J connectivity index is 4.08. The number of esters is 3. The second kappa shape index (κ2) is 68.1. The van der Waals surface area contributed by atoms with Crippen LogP contribution in [0.5, 0.6) is 0 Å². The molecule has 0 saturated carbocycles. The van der Waals surface area contributed by atoms with E-state index in [2.05, 4.69) is 57.2 Å². The first-order chi connectivity index (χ1) is 39.0. The van der Waals surface area contributed by atoms with E-state index in [0.29, 0.717) is 19.3 Å². The Bertz CT molecular complexity index is 1320. The molecule has 79 heavy (non-hydrogen) atoms. The first kappa shape index (κ1) is 76.6. The lowest BCUT2D eigenvalue weighted by molar-refractivity contribution is -0.167. The molecule has 0 rings (SSSR count). The normalized spacial score (nSPS) is 12.2. The number of rotatable bonds is 66. The van der Waals surface area contributed by atoms with Crippen LogP contribution in [-0.4, -0.2) is 37.2 Å². The van der Waals surface area contributed by atoms with Gasteiger partial charge in [0.2, 0.25) is 0 Å². The Kier molecular flexibility index (Phi) is 66.1. The maximum atomic E-state index is 12.9. The largest absolute Gasteiger partial charge is 0.462 e. The predicted octanol–water partition coefficient (Wildman–Crippen LogP) is 24.3. The van der Waals surface area contributed by atoms with Crippen molar-refractivity contribution < 1.29 is 28.6 Å². The van der Waals surface area contributed by atoms with Crippen LogP contribution in [0.3, 0.4) is 0 Å². The average Bonchev–Trinajstić information content (AvgIpc) is 3.45. The number of hydrogen-bond donors (Lipinski definition) is 0. The van der Waals surface area contributed by atoms with E-state index in [4.69, 9.17) is 14.2 Å². The van der Waals surface area contributed by atoms with E-state index >= 15 is 0 Å². The van der Waals surface area contributed by atoms with Crippen molar-refractivity contribution in [3.63, 3.8) is 0 Å². The van der Waals surface area contributed by atoms with E-state index in [1.165, 1.54) is 283 Å². The topological polar surface area (TPSA) is 78.9 Å². The van der Waals surface area contributed by atoms with Gasteiger partial charge >= 0.3 is 17.9 Å². The molecule has 1 atom stereocenters. The van der Waals surface area contributed by atoms with Gasteiger partial charge in [0.15, 0.2) is 6.10 Å². The maximum Gasteiger partial charge on any atom is 0.306 e. The fourth-order valence-electron chi connectivity index (χ4n) is 10.7. The molecular formula is C73H136O6. The second-order valence-electron chi connectivity index (χ2n) is 24.1. The molecule has 0 spiro atoms. The summed E-state index contributed by atoms with van der Waals surface area (Å²) in [5.74, 6) is -0.867. The van der Waals surface area contributed by atoms with Crippen molar-refractivity contribution in [2.24, 2.45) is 0 Å². The standard InChI is InChI=1S/C73H136O6/c1-4-7-10-13-16-19-22-25-27-28-29-30-31-32-33-34-35-36-37-38-39-40-41-42-43-44-46-48-51-54-57-60-63-66-72(75)78-69-70(68-77-71(74)65-62-59-56-53-50-47-24-21-18-15-12-9-6-3)79-73(76)67-64-61-58-55-52-49-45-26-23-20-17-14-11-8-5-2/h21,24,26,28-29,45,70H,4-20,22-23,25,27,30-44,46-69H2,1-3H3/b24-21-,29-28-,45-26-. The number of carbonyl (C=O) groups is 3. The van der Waals surface area contributed by atoms with Crippen LogP contribution in [0, 0.1) is 0 Å². The van der Waals surface area contributed by atoms with Gasteiger partial charge in [0, 0.05) is 19.3 Å². The van der Waals surface area contributed by atoms with Crippen molar-refractivity contribution in [3.8, 4) is 0 Å². The van der Waals surface area contributed by atoms with Crippen molar-refractivity contribution in [2.45, 2.75) is 399 Å². The summed E-state index contributed by atoms with van der Waals surface area (Å²) in [7, 11) is 0. The fraction of sp³-hybridized carbons (Fsp3) is 0.877. The first-order valence-corrected chi connectivity index (χ1v) is 35.5. The molecule has 0 N–H and O–H groups in total. The third kappa shape index (κ3) is 66.3. The Morgan fingerprint density at radius 3 is 0.646 bits per heavy atom. The van der Waals surface area contributed by atoms with Gasteiger partial charge in [-0.3, -0.25) is 14.4 Å². The molecule has 0 aliphatic heterocycles. The van der Waals surface area contributed by atoms with Gasteiger partial charge < -0.3 is 14.2 Å². The van der Waals surface area contributed by atoms with Crippen LogP contribution in [0.4, 0.5) is 0 Å². The van der Waals surface area contributed by atoms with Crippen molar-refractivity contribution in [1.82, 2.24) is 0 Å². The molecule has 0 aromatic heterocycles. The zero-order chi connectivity index (χ0) is 57.1. The number of hydrogen-bond acceptors (Lipinski definition) is 6. The summed E-state index contributed by atoms with van der Waals surface area (Å²) in [5.41, 5.74) is 0. The van der Waals surface area contributed by atoms with Crippen molar-refractivity contribution in [1.29, 1.82) is 0 Å². The highest BCUT2D eigenvalue weighted by atomic mass is 16.6. The Morgan fingerprint density at radius 2 is 0.418 bits per heavy atom. The monoisotopic (exact) mass is 1110 g/mol. The molecule has 0 amide bonds. The molecule has 0 bridgehead atoms. The minimum absolute atomic E-state index is 0.0737. The molecule has 1 unspecified atom stereocenters. The van der Waals surface area contributed by atoms with Gasteiger partial charge in [-0.25, -0.2) is 0 Å². The molecule has 0 aromatic carbocycles. The zero-order valence-electron chi connectivity index (χ0n) is 53.4. The van der Waals surface area contributed by atoms with Gasteiger partial charge in [-0.05, 0) is 96.3 Å². The maximum absolute atomic E-state index is 12.9. The number of carbonyl (C=O) groups excluding carboxylic acids is 3. The molecule has 0 saturated heterocycles. The quantitative estimate of drug-likeness (QED) is 0.0261. The lowest BCUT2D eigenvalue weighted by Crippen LogP contribution is -2.30. The van der Waals surface area contributed by atoms with Gasteiger partial charge in [-0.15, -0.1) is 0 Å². The Labute approximate surface area is 493 Å². The van der Waals surface area contributed by atoms with Crippen LogP contribution in [0.2, 0.25) is 0 Å². The average molecular weight is 1110 g/mol. The van der Waals surface area contributed by atoms with Crippen molar-refractivity contribution in [2.75, 3.05) is 13.2 Å². The van der Waals surface area contributed by atoms with Gasteiger partial charge in [0.1, 0.15) is 13.2 Å².